The molecule has 1 aliphatic rings. The third kappa shape index (κ3) is 7.99. The standard InChI is InChI=1S/C103H58N6O3/c1-103(2)79-44-36-58(52-78(79)93-97(59-39-49-87-76(53-59)68-28-13-16-32-84(68)110-87)104-101(106-99(93)103)108-80-45-37-55-19-3-5-21-61(55)91(80)95-82(108)47-42-71-65-25-8-7-23-63(65)64-24-11-12-30-70(64)89(71)95)57-35-41-73-75(51-57)67-27-10-9-26-66(67)72-43-48-83-96(90(72)73)92-62-22-6-4-20-56(62)38-46-81(92)109(83)102-105-98(94-74-31-15-18-34-86(74)112-100(94)107-102)60-40-50-88-77(54-60)69-29-14-17-33-85(69)111-88/h3-54H,1-2H3. The van der Waals surface area contributed by atoms with Crippen LogP contribution in [0.15, 0.2) is 329 Å². The molecule has 1 aliphatic carbocycles. The average Bonchev–Trinajstić information content (AvgIpc) is 1.51. The van der Waals surface area contributed by atoms with Crippen molar-refractivity contribution in [1.29, 1.82) is 0 Å². The van der Waals surface area contributed by atoms with E-state index in [-0.39, 0.29) is 0 Å². The van der Waals surface area contributed by atoms with Gasteiger partial charge in [-0.15, -0.1) is 0 Å². The fraction of sp³-hybridized carbons (Fsp3) is 0.0291. The maximum absolute atomic E-state index is 6.81. The van der Waals surface area contributed by atoms with Crippen LogP contribution in [0.4, 0.5) is 0 Å². The lowest BCUT2D eigenvalue weighted by Crippen LogP contribution is -2.18. The van der Waals surface area contributed by atoms with E-state index in [1.807, 2.05) is 30.3 Å². The molecule has 0 bridgehead atoms. The maximum Gasteiger partial charge on any atom is 0.238 e. The molecule has 0 saturated carbocycles. The number of aromatic nitrogens is 6. The first kappa shape index (κ1) is 60.2. The van der Waals surface area contributed by atoms with Gasteiger partial charge in [-0.05, 0) is 189 Å². The van der Waals surface area contributed by atoms with Crippen LogP contribution in [-0.2, 0) is 5.41 Å². The van der Waals surface area contributed by atoms with Gasteiger partial charge in [-0.3, -0.25) is 9.13 Å². The minimum atomic E-state index is -0.559. The Labute approximate surface area is 636 Å². The highest BCUT2D eigenvalue weighted by atomic mass is 16.3. The van der Waals surface area contributed by atoms with Crippen LogP contribution < -0.4 is 0 Å². The first-order valence-electron chi connectivity index (χ1n) is 38.3. The zero-order valence-corrected chi connectivity index (χ0v) is 60.4. The predicted octanol–water partition coefficient (Wildman–Crippen LogP) is 27.7. The largest absolute Gasteiger partial charge is 0.456 e. The Morgan fingerprint density at radius 3 is 1.21 bits per heavy atom. The van der Waals surface area contributed by atoms with E-state index in [1.54, 1.807) is 0 Å². The van der Waals surface area contributed by atoms with Crippen molar-refractivity contribution in [3.63, 3.8) is 0 Å². The summed E-state index contributed by atoms with van der Waals surface area (Å²) >= 11 is 0. The Bertz CT molecular complexity index is 8610. The Balaban J connectivity index is 0.704. The number of benzene rings is 18. The van der Waals surface area contributed by atoms with Crippen LogP contribution in [0.2, 0.25) is 0 Å². The molecular formula is C103H58N6O3. The lowest BCUT2D eigenvalue weighted by atomic mass is 9.84. The molecule has 7 heterocycles. The topological polar surface area (TPSA) is 101 Å². The molecule has 9 nitrogen and oxygen atoms in total. The second-order valence-electron chi connectivity index (χ2n) is 30.9. The van der Waals surface area contributed by atoms with Gasteiger partial charge in [0.15, 0.2) is 0 Å². The number of furan rings is 3. The summed E-state index contributed by atoms with van der Waals surface area (Å²) in [6.45, 7) is 4.68. The van der Waals surface area contributed by atoms with Gasteiger partial charge in [-0.1, -0.05) is 238 Å². The van der Waals surface area contributed by atoms with Crippen LogP contribution in [-0.4, -0.2) is 29.1 Å². The Morgan fingerprint density at radius 2 is 0.634 bits per heavy atom. The summed E-state index contributed by atoms with van der Waals surface area (Å²) in [7, 11) is 0. The van der Waals surface area contributed by atoms with E-state index < -0.39 is 5.41 Å². The highest BCUT2D eigenvalue weighted by Gasteiger charge is 2.41. The molecule has 0 spiro atoms. The van der Waals surface area contributed by atoms with Crippen LogP contribution in [0.5, 0.6) is 0 Å². The number of hydrogen-bond donors (Lipinski definition) is 0. The molecule has 0 fully saturated rings. The monoisotopic (exact) mass is 1430 g/mol. The van der Waals surface area contributed by atoms with E-state index >= 15 is 0 Å². The van der Waals surface area contributed by atoms with Crippen molar-refractivity contribution in [1.82, 2.24) is 29.1 Å². The molecule has 112 heavy (non-hydrogen) atoms. The summed E-state index contributed by atoms with van der Waals surface area (Å²) in [5.41, 5.74) is 18.2. The highest BCUT2D eigenvalue weighted by molar-refractivity contribution is 6.40. The molecule has 25 aromatic rings. The first-order chi connectivity index (χ1) is 55.3. The Morgan fingerprint density at radius 1 is 0.250 bits per heavy atom. The van der Waals surface area contributed by atoms with Crippen molar-refractivity contribution >= 4 is 196 Å². The van der Waals surface area contributed by atoms with Gasteiger partial charge in [0.05, 0.1) is 44.5 Å². The van der Waals surface area contributed by atoms with E-state index in [0.29, 0.717) is 17.6 Å². The van der Waals surface area contributed by atoms with E-state index in [0.717, 1.165) is 170 Å². The van der Waals surface area contributed by atoms with Crippen LogP contribution >= 0.6 is 0 Å². The van der Waals surface area contributed by atoms with Crippen molar-refractivity contribution < 1.29 is 13.3 Å². The summed E-state index contributed by atoms with van der Waals surface area (Å²) < 4.78 is 24.4. The second kappa shape index (κ2) is 21.8. The summed E-state index contributed by atoms with van der Waals surface area (Å²) in [6.07, 6.45) is 0. The van der Waals surface area contributed by atoms with Gasteiger partial charge in [0.2, 0.25) is 17.6 Å². The first-order valence-corrected chi connectivity index (χ1v) is 38.3. The van der Waals surface area contributed by atoms with Crippen molar-refractivity contribution in [2.45, 2.75) is 19.3 Å². The Hall–Kier alpha value is -14.8. The van der Waals surface area contributed by atoms with Crippen molar-refractivity contribution in [3.05, 3.63) is 327 Å². The summed E-state index contributed by atoms with van der Waals surface area (Å²) in [4.78, 5) is 23.2. The SMILES string of the molecule is CC1(C)c2ccc(-c3ccc4c(c3)c3ccccc3c3ccc5c(c34)c3c4ccccc4ccc3n5-c3nc(-c4ccc5oc6ccccc6c5c4)c4c(n3)oc3ccccc34)cc2-c2c(-c3ccc4oc5ccccc5c4c3)nc(-n3c4ccc5ccccc5c4c4c5c6ccccc6c6ccccc6c5ccc43)nc21. The molecule has 7 aromatic heterocycles. The number of nitrogens with zero attached hydrogens (tertiary/aromatic N) is 6. The van der Waals surface area contributed by atoms with Crippen LogP contribution in [0.3, 0.4) is 0 Å². The van der Waals surface area contributed by atoms with Crippen molar-refractivity contribution in [2.24, 2.45) is 0 Å². The molecule has 18 aromatic carbocycles. The normalized spacial score (nSPS) is 13.2. The van der Waals surface area contributed by atoms with Gasteiger partial charge in [0.1, 0.15) is 27.9 Å². The number of fused-ring (bicyclic) bond motifs is 36. The zero-order chi connectivity index (χ0) is 73.1. The molecule has 0 aliphatic heterocycles. The molecule has 9 heteroatoms. The molecule has 0 saturated heterocycles. The van der Waals surface area contributed by atoms with E-state index in [9.17, 15) is 0 Å². The second-order valence-corrected chi connectivity index (χ2v) is 30.9. The van der Waals surface area contributed by atoms with Crippen LogP contribution in [0, 0.1) is 0 Å². The summed E-state index contributed by atoms with van der Waals surface area (Å²) in [5, 5.41) is 29.6. The van der Waals surface area contributed by atoms with E-state index in [1.165, 1.54) is 75.6 Å². The Kier molecular flexibility index (Phi) is 11.7. The van der Waals surface area contributed by atoms with Gasteiger partial charge in [0, 0.05) is 81.4 Å². The van der Waals surface area contributed by atoms with Crippen LogP contribution in [0.25, 0.3) is 252 Å². The lowest BCUT2D eigenvalue weighted by molar-refractivity contribution is 0.632. The highest BCUT2D eigenvalue weighted by Crippen LogP contribution is 2.55. The summed E-state index contributed by atoms with van der Waals surface area (Å²) in [6, 6.07) is 115. The molecule has 0 N–H and O–H groups in total. The van der Waals surface area contributed by atoms with Gasteiger partial charge >= 0.3 is 0 Å². The van der Waals surface area contributed by atoms with E-state index in [4.69, 9.17) is 33.2 Å². The predicted molar refractivity (Wildman–Crippen MR) is 462 cm³/mol. The molecule has 0 unspecified atom stereocenters. The van der Waals surface area contributed by atoms with Gasteiger partial charge < -0.3 is 13.3 Å². The molecular weight excluding hydrogens is 1370 g/mol. The fourth-order valence-corrected chi connectivity index (χ4v) is 19.9. The van der Waals surface area contributed by atoms with Gasteiger partial charge in [-0.25, -0.2) is 15.0 Å². The van der Waals surface area contributed by atoms with Crippen molar-refractivity contribution in [3.8, 4) is 56.7 Å². The molecule has 0 amide bonds. The number of hydrogen-bond acceptors (Lipinski definition) is 7. The molecule has 0 radical (unpaired) electrons. The minimum Gasteiger partial charge on any atom is -0.456 e. The van der Waals surface area contributed by atoms with E-state index in [2.05, 4.69) is 308 Å². The third-order valence-corrected chi connectivity index (χ3v) is 24.9. The quantitative estimate of drug-likeness (QED) is 0.158. The smallest absolute Gasteiger partial charge is 0.238 e. The average molecular weight is 1430 g/mol. The minimum absolute atomic E-state index is 0.513. The summed E-state index contributed by atoms with van der Waals surface area (Å²) in [5.74, 6) is 1.13. The van der Waals surface area contributed by atoms with Gasteiger partial charge in [0.25, 0.3) is 0 Å². The fourth-order valence-electron chi connectivity index (χ4n) is 19.9. The molecule has 518 valence electrons. The lowest BCUT2D eigenvalue weighted by Gasteiger charge is -2.21. The maximum atomic E-state index is 6.81. The third-order valence-electron chi connectivity index (χ3n) is 24.9. The van der Waals surface area contributed by atoms with Gasteiger partial charge in [-0.2, -0.15) is 4.98 Å². The number of para-hydroxylation sites is 3. The zero-order valence-electron chi connectivity index (χ0n) is 60.4. The van der Waals surface area contributed by atoms with Crippen LogP contribution in [0.1, 0.15) is 25.1 Å². The number of rotatable bonds is 5. The molecule has 0 atom stereocenters. The molecule has 26 rings (SSSR count). The van der Waals surface area contributed by atoms with Crippen molar-refractivity contribution in [2.75, 3.05) is 0 Å².